The van der Waals surface area contributed by atoms with Crippen LogP contribution in [0, 0.1) is 6.92 Å². The molecule has 0 aliphatic rings. The Morgan fingerprint density at radius 2 is 2.12 bits per heavy atom. The van der Waals surface area contributed by atoms with Gasteiger partial charge >= 0.3 is 5.97 Å². The molecule has 0 atom stereocenters. The van der Waals surface area contributed by atoms with Crippen molar-refractivity contribution in [3.8, 4) is 11.3 Å². The number of nitrogens with one attached hydrogen (secondary N) is 1. The molecule has 0 saturated heterocycles. The third-order valence-corrected chi connectivity index (χ3v) is 4.21. The number of anilines is 1. The smallest absolute Gasteiger partial charge is 0.338 e. The number of carbonyl (C=O) groups is 2. The van der Waals surface area contributed by atoms with Crippen molar-refractivity contribution in [1.82, 2.24) is 24.5 Å². The molecule has 3 heterocycles. The van der Waals surface area contributed by atoms with E-state index in [0.29, 0.717) is 5.13 Å². The molecule has 1 amide bonds. The quantitative estimate of drug-likeness (QED) is 0.721. The summed E-state index contributed by atoms with van der Waals surface area (Å²) in [6, 6.07) is 0. The molecule has 0 spiro atoms. The summed E-state index contributed by atoms with van der Waals surface area (Å²) in [5, 5.41) is 21.8. The van der Waals surface area contributed by atoms with Crippen LogP contribution in [0.1, 0.15) is 16.1 Å². The zero-order chi connectivity index (χ0) is 17.3. The molecule has 2 N–H and O–H groups in total. The van der Waals surface area contributed by atoms with E-state index in [2.05, 4.69) is 20.5 Å². The van der Waals surface area contributed by atoms with Gasteiger partial charge in [0.2, 0.25) is 5.91 Å². The van der Waals surface area contributed by atoms with Crippen molar-refractivity contribution in [3.05, 3.63) is 35.2 Å². The number of amides is 1. The maximum Gasteiger partial charge on any atom is 0.338 e. The molecule has 0 radical (unpaired) electrons. The first-order chi connectivity index (χ1) is 11.4. The van der Waals surface area contributed by atoms with Gasteiger partial charge in [0.15, 0.2) is 5.13 Å². The lowest BCUT2D eigenvalue weighted by atomic mass is 10.2. The number of aryl methyl sites for hydroxylation is 1. The predicted molar refractivity (Wildman–Crippen MR) is 86.9 cm³/mol. The Labute approximate surface area is 140 Å². The standard InChI is InChI=1S/C14H14N6O3S/c1-8-10(4-15-19(8)2)11-7-24-14(17-11)18-12(21)6-20-5-9(3-16-20)13(22)23/h3-5,7H,6H2,1-2H3,(H,22,23)(H,17,18,21). The Morgan fingerprint density at radius 3 is 2.75 bits per heavy atom. The van der Waals surface area contributed by atoms with E-state index >= 15 is 0 Å². The summed E-state index contributed by atoms with van der Waals surface area (Å²) in [6.07, 6.45) is 4.23. The van der Waals surface area contributed by atoms with E-state index in [-0.39, 0.29) is 18.0 Å². The van der Waals surface area contributed by atoms with Crippen molar-refractivity contribution in [1.29, 1.82) is 0 Å². The van der Waals surface area contributed by atoms with E-state index in [1.54, 1.807) is 10.9 Å². The Balaban J connectivity index is 1.66. The van der Waals surface area contributed by atoms with Crippen LogP contribution in [0.15, 0.2) is 24.0 Å². The molecule has 9 nitrogen and oxygen atoms in total. The van der Waals surface area contributed by atoms with Gasteiger partial charge in [-0.1, -0.05) is 0 Å². The van der Waals surface area contributed by atoms with Gasteiger partial charge in [-0.25, -0.2) is 9.78 Å². The first-order valence-electron chi connectivity index (χ1n) is 6.94. The average Bonchev–Trinajstić information content (AvgIpc) is 3.22. The van der Waals surface area contributed by atoms with Crippen molar-refractivity contribution in [2.45, 2.75) is 13.5 Å². The fourth-order valence-electron chi connectivity index (χ4n) is 2.07. The maximum atomic E-state index is 12.0. The molecule has 0 bridgehead atoms. The van der Waals surface area contributed by atoms with Crippen LogP contribution >= 0.6 is 11.3 Å². The number of rotatable bonds is 5. The number of carbonyl (C=O) groups excluding carboxylic acids is 1. The lowest BCUT2D eigenvalue weighted by Crippen LogP contribution is -2.18. The number of nitrogens with zero attached hydrogens (tertiary/aromatic N) is 5. The largest absolute Gasteiger partial charge is 0.478 e. The molecular formula is C14H14N6O3S. The summed E-state index contributed by atoms with van der Waals surface area (Å²) >= 11 is 1.31. The minimum atomic E-state index is -1.09. The molecule has 3 aromatic heterocycles. The zero-order valence-electron chi connectivity index (χ0n) is 12.9. The molecule has 124 valence electrons. The number of hydrogen-bond donors (Lipinski definition) is 2. The Kier molecular flexibility index (Phi) is 4.13. The maximum absolute atomic E-state index is 12.0. The van der Waals surface area contributed by atoms with Crippen molar-refractivity contribution < 1.29 is 14.7 Å². The van der Waals surface area contributed by atoms with E-state index in [9.17, 15) is 9.59 Å². The summed E-state index contributed by atoms with van der Waals surface area (Å²) < 4.78 is 3.02. The van der Waals surface area contributed by atoms with Crippen molar-refractivity contribution in [2.24, 2.45) is 7.05 Å². The molecule has 0 saturated carbocycles. The highest BCUT2D eigenvalue weighted by Crippen LogP contribution is 2.26. The number of hydrogen-bond acceptors (Lipinski definition) is 6. The van der Waals surface area contributed by atoms with Gasteiger partial charge in [-0.3, -0.25) is 14.2 Å². The molecule has 0 unspecified atom stereocenters. The minimum Gasteiger partial charge on any atom is -0.478 e. The van der Waals surface area contributed by atoms with Gasteiger partial charge in [0.1, 0.15) is 6.54 Å². The minimum absolute atomic E-state index is 0.0337. The van der Waals surface area contributed by atoms with Gasteiger partial charge in [-0.15, -0.1) is 11.3 Å². The number of aromatic nitrogens is 5. The first-order valence-corrected chi connectivity index (χ1v) is 7.82. The van der Waals surface area contributed by atoms with Gasteiger partial charge in [-0.2, -0.15) is 10.2 Å². The lowest BCUT2D eigenvalue weighted by Gasteiger charge is -2.01. The van der Waals surface area contributed by atoms with E-state index in [1.807, 2.05) is 19.4 Å². The highest BCUT2D eigenvalue weighted by Gasteiger charge is 2.13. The fraction of sp³-hybridized carbons (Fsp3) is 0.214. The Morgan fingerprint density at radius 1 is 1.33 bits per heavy atom. The van der Waals surface area contributed by atoms with E-state index in [0.717, 1.165) is 17.0 Å². The van der Waals surface area contributed by atoms with Gasteiger partial charge in [0, 0.05) is 29.9 Å². The topological polar surface area (TPSA) is 115 Å². The second kappa shape index (κ2) is 6.24. The van der Waals surface area contributed by atoms with E-state index < -0.39 is 5.97 Å². The number of carboxylic acid groups (broad SMARTS) is 1. The molecule has 0 aromatic carbocycles. The van der Waals surface area contributed by atoms with E-state index in [4.69, 9.17) is 5.11 Å². The molecule has 0 aliphatic heterocycles. The summed E-state index contributed by atoms with van der Waals surface area (Å²) in [5.41, 5.74) is 2.67. The second-order valence-electron chi connectivity index (χ2n) is 5.09. The van der Waals surface area contributed by atoms with Gasteiger partial charge in [0.25, 0.3) is 0 Å². The van der Waals surface area contributed by atoms with Gasteiger partial charge < -0.3 is 10.4 Å². The summed E-state index contributed by atoms with van der Waals surface area (Å²) in [6.45, 7) is 1.85. The molecular weight excluding hydrogens is 332 g/mol. The predicted octanol–water partition coefficient (Wildman–Crippen LogP) is 1.39. The van der Waals surface area contributed by atoms with Crippen LogP contribution in [0.3, 0.4) is 0 Å². The van der Waals surface area contributed by atoms with Crippen molar-refractivity contribution >= 4 is 28.3 Å². The molecule has 0 fully saturated rings. The van der Waals surface area contributed by atoms with Crippen molar-refractivity contribution in [2.75, 3.05) is 5.32 Å². The molecule has 3 rings (SSSR count). The average molecular weight is 346 g/mol. The Hall–Kier alpha value is -3.01. The molecule has 3 aromatic rings. The van der Waals surface area contributed by atoms with Gasteiger partial charge in [-0.05, 0) is 6.92 Å². The van der Waals surface area contributed by atoms with Crippen LogP contribution < -0.4 is 5.32 Å². The second-order valence-corrected chi connectivity index (χ2v) is 5.94. The SMILES string of the molecule is Cc1c(-c2csc(NC(=O)Cn3cc(C(=O)O)cn3)n2)cnn1C. The summed E-state index contributed by atoms with van der Waals surface area (Å²) in [5.74, 6) is -1.42. The van der Waals surface area contributed by atoms with E-state index in [1.165, 1.54) is 28.4 Å². The van der Waals surface area contributed by atoms with Gasteiger partial charge in [0.05, 0.1) is 23.7 Å². The van der Waals surface area contributed by atoms with Crippen LogP contribution in [0.25, 0.3) is 11.3 Å². The number of thiazole rings is 1. The summed E-state index contributed by atoms with van der Waals surface area (Å²) in [7, 11) is 1.85. The third-order valence-electron chi connectivity index (χ3n) is 3.45. The number of aromatic carboxylic acids is 1. The number of carboxylic acids is 1. The van der Waals surface area contributed by atoms with Crippen molar-refractivity contribution in [3.63, 3.8) is 0 Å². The van der Waals surface area contributed by atoms with Crippen LogP contribution in [-0.2, 0) is 18.4 Å². The molecule has 0 aliphatic carbocycles. The highest BCUT2D eigenvalue weighted by atomic mass is 32.1. The Bertz CT molecular complexity index is 909. The molecule has 10 heteroatoms. The molecule has 24 heavy (non-hydrogen) atoms. The zero-order valence-corrected chi connectivity index (χ0v) is 13.7. The summed E-state index contributed by atoms with van der Waals surface area (Å²) in [4.78, 5) is 27.2. The normalized spacial score (nSPS) is 10.8. The fourth-order valence-corrected chi connectivity index (χ4v) is 2.80. The lowest BCUT2D eigenvalue weighted by molar-refractivity contribution is -0.116. The highest BCUT2D eigenvalue weighted by molar-refractivity contribution is 7.14. The first kappa shape index (κ1) is 15.9. The van der Waals surface area contributed by atoms with Crippen LogP contribution in [-0.4, -0.2) is 41.5 Å². The monoisotopic (exact) mass is 346 g/mol. The van der Waals surface area contributed by atoms with Crippen LogP contribution in [0.2, 0.25) is 0 Å². The van der Waals surface area contributed by atoms with Crippen LogP contribution in [0.5, 0.6) is 0 Å². The third kappa shape index (κ3) is 3.18. The van der Waals surface area contributed by atoms with Crippen LogP contribution in [0.4, 0.5) is 5.13 Å².